The summed E-state index contributed by atoms with van der Waals surface area (Å²) < 4.78 is 21.1. The van der Waals surface area contributed by atoms with Crippen molar-refractivity contribution in [3.05, 3.63) is 76.2 Å². The molecule has 2 aromatic carbocycles. The Morgan fingerprint density at radius 1 is 0.926 bits per heavy atom. The van der Waals surface area contributed by atoms with Crippen molar-refractivity contribution in [2.45, 2.75) is 76.1 Å². The molecule has 1 aliphatic carbocycles. The predicted molar refractivity (Wildman–Crippen MR) is 191 cm³/mol. The van der Waals surface area contributed by atoms with Gasteiger partial charge in [0.05, 0.1) is 16.8 Å². The summed E-state index contributed by atoms with van der Waals surface area (Å²) in [6.07, 6.45) is 3.02. The first-order valence-corrected chi connectivity index (χ1v) is 18.5. The molecule has 4 fully saturated rings. The number of hydrogen-bond acceptors (Lipinski definition) is 10. The van der Waals surface area contributed by atoms with E-state index in [1.807, 2.05) is 30.0 Å². The summed E-state index contributed by atoms with van der Waals surface area (Å²) in [4.78, 5) is 82.3. The van der Waals surface area contributed by atoms with Crippen LogP contribution in [0.15, 0.2) is 42.5 Å². The van der Waals surface area contributed by atoms with E-state index in [1.54, 1.807) is 17.0 Å². The van der Waals surface area contributed by atoms with E-state index in [9.17, 15) is 28.8 Å². The zero-order chi connectivity index (χ0) is 37.7. The average molecular weight is 741 g/mol. The predicted octanol–water partition coefficient (Wildman–Crippen LogP) is 3.39. The Morgan fingerprint density at radius 2 is 1.67 bits per heavy atom. The highest BCUT2D eigenvalue weighted by Crippen LogP contribution is 2.37. The molecule has 0 spiro atoms. The van der Waals surface area contributed by atoms with Crippen LogP contribution in [0, 0.1) is 5.82 Å². The number of aromatic nitrogens is 2. The van der Waals surface area contributed by atoms with Crippen molar-refractivity contribution in [2.24, 2.45) is 0 Å². The lowest BCUT2D eigenvalue weighted by Crippen LogP contribution is -2.54. The number of carbonyl (C=O) groups is 6. The molecule has 3 aromatic rings. The summed E-state index contributed by atoms with van der Waals surface area (Å²) in [6, 6.07) is 10.7. The van der Waals surface area contributed by atoms with Crippen molar-refractivity contribution in [1.82, 2.24) is 30.2 Å². The SMILES string of the molecule is C[C@@H]1CCN1C(=O)O[C@@H]1CC[C@H](c2cc(NC(=O)c3ccc(CN4CCN(c5cc6c(cc5F)C(=O)N(C5CCC(=O)NC5=O)C6=O)CC4)cc3)n[nH]2)C1. The van der Waals surface area contributed by atoms with E-state index in [2.05, 4.69) is 25.7 Å². The maximum Gasteiger partial charge on any atom is 0.410 e. The summed E-state index contributed by atoms with van der Waals surface area (Å²) in [6.45, 7) is 5.56. The first-order chi connectivity index (χ1) is 26.0. The molecule has 282 valence electrons. The third kappa shape index (κ3) is 6.81. The normalized spacial score (nSPS) is 24.4. The van der Waals surface area contributed by atoms with E-state index in [1.165, 1.54) is 6.07 Å². The number of amides is 6. The standard InChI is InChI=1S/C38H41FN8O7/c1-21-10-11-46(21)38(53)54-25-7-6-24(16-25)29-19-32(43-42-29)40-34(49)23-4-2-22(3-5-23)20-44-12-14-45(15-13-44)31-18-27-26(17-28(31)39)36(51)47(37(27)52)30-8-9-33(48)41-35(30)50/h2-5,17-19,21,24-25,30H,6-16,20H2,1H3,(H,41,48,50)(H2,40,42,43,49)/t21-,24+,25-,30?/m1/s1. The fourth-order valence-electron chi connectivity index (χ4n) is 8.01. The third-order valence-corrected chi connectivity index (χ3v) is 11.3. The third-order valence-electron chi connectivity index (χ3n) is 11.3. The van der Waals surface area contributed by atoms with Crippen LogP contribution in [0.25, 0.3) is 0 Å². The molecule has 0 bridgehead atoms. The minimum absolute atomic E-state index is 0.00303. The van der Waals surface area contributed by atoms with Crippen molar-refractivity contribution in [2.75, 3.05) is 42.9 Å². The van der Waals surface area contributed by atoms with E-state index < -0.39 is 35.5 Å². The number of aromatic amines is 1. The monoisotopic (exact) mass is 740 g/mol. The Balaban J connectivity index is 0.815. The van der Waals surface area contributed by atoms with E-state index in [0.29, 0.717) is 50.5 Å². The van der Waals surface area contributed by atoms with Crippen LogP contribution in [-0.4, -0.2) is 111 Å². The number of fused-ring (bicyclic) bond motifs is 1. The van der Waals surface area contributed by atoms with Crippen LogP contribution >= 0.6 is 0 Å². The molecule has 3 N–H and O–H groups in total. The summed E-state index contributed by atoms with van der Waals surface area (Å²) in [7, 11) is 0. The Labute approximate surface area is 310 Å². The number of nitrogens with zero attached hydrogens (tertiary/aromatic N) is 5. The second kappa shape index (κ2) is 14.3. The average Bonchev–Trinajstić information content (AvgIpc) is 3.87. The highest BCUT2D eigenvalue weighted by Gasteiger charge is 2.45. The van der Waals surface area contributed by atoms with Crippen LogP contribution in [0.2, 0.25) is 0 Å². The second-order valence-electron chi connectivity index (χ2n) is 14.8. The molecule has 3 saturated heterocycles. The highest BCUT2D eigenvalue weighted by atomic mass is 19.1. The number of anilines is 2. The van der Waals surface area contributed by atoms with Crippen molar-refractivity contribution in [3.63, 3.8) is 0 Å². The number of imide groups is 2. The molecule has 5 heterocycles. The maximum absolute atomic E-state index is 15.4. The summed E-state index contributed by atoms with van der Waals surface area (Å²) in [5, 5.41) is 12.3. The number of rotatable bonds is 8. The van der Waals surface area contributed by atoms with Crippen LogP contribution in [-0.2, 0) is 20.9 Å². The molecule has 1 saturated carbocycles. The van der Waals surface area contributed by atoms with Gasteiger partial charge in [0, 0.05) is 75.0 Å². The van der Waals surface area contributed by atoms with Crippen molar-refractivity contribution < 1.29 is 37.9 Å². The summed E-state index contributed by atoms with van der Waals surface area (Å²) in [5.41, 5.74) is 2.55. The first-order valence-electron chi connectivity index (χ1n) is 18.5. The van der Waals surface area contributed by atoms with Crippen molar-refractivity contribution >= 4 is 47.1 Å². The van der Waals surface area contributed by atoms with Gasteiger partial charge in [-0.25, -0.2) is 9.18 Å². The second-order valence-corrected chi connectivity index (χ2v) is 14.8. The molecular weight excluding hydrogens is 699 g/mol. The minimum atomic E-state index is -1.12. The molecule has 54 heavy (non-hydrogen) atoms. The molecule has 15 nitrogen and oxygen atoms in total. The fourth-order valence-corrected chi connectivity index (χ4v) is 8.01. The largest absolute Gasteiger partial charge is 0.446 e. The molecule has 6 amide bonds. The molecule has 16 heteroatoms. The highest BCUT2D eigenvalue weighted by molar-refractivity contribution is 6.23. The zero-order valence-electron chi connectivity index (χ0n) is 29.8. The van der Waals surface area contributed by atoms with Gasteiger partial charge >= 0.3 is 6.09 Å². The van der Waals surface area contributed by atoms with Gasteiger partial charge in [0.1, 0.15) is 18.0 Å². The first kappa shape index (κ1) is 35.4. The molecule has 1 unspecified atom stereocenters. The number of halogens is 1. The van der Waals surface area contributed by atoms with Crippen molar-refractivity contribution in [1.29, 1.82) is 0 Å². The lowest BCUT2D eigenvalue weighted by molar-refractivity contribution is -0.136. The van der Waals surface area contributed by atoms with E-state index in [-0.39, 0.29) is 59.7 Å². The Bertz CT molecular complexity index is 2030. The molecule has 0 radical (unpaired) electrons. The molecule has 5 aliphatic rings. The molecule has 4 aliphatic heterocycles. The number of piperidine rings is 1. The quantitative estimate of drug-likeness (QED) is 0.290. The summed E-state index contributed by atoms with van der Waals surface area (Å²) >= 11 is 0. The lowest BCUT2D eigenvalue weighted by Gasteiger charge is -2.38. The van der Waals surface area contributed by atoms with Gasteiger partial charge in [-0.15, -0.1) is 0 Å². The number of benzene rings is 2. The minimum Gasteiger partial charge on any atom is -0.446 e. The lowest BCUT2D eigenvalue weighted by atomic mass is 10.0. The smallest absolute Gasteiger partial charge is 0.410 e. The maximum atomic E-state index is 15.4. The van der Waals surface area contributed by atoms with Gasteiger partial charge in [-0.2, -0.15) is 5.10 Å². The van der Waals surface area contributed by atoms with Gasteiger partial charge in [0.15, 0.2) is 5.82 Å². The number of nitrogens with one attached hydrogen (secondary N) is 3. The van der Waals surface area contributed by atoms with Crippen LogP contribution in [0.5, 0.6) is 0 Å². The van der Waals surface area contributed by atoms with Crippen LogP contribution in [0.1, 0.15) is 93.7 Å². The molecule has 1 aromatic heterocycles. The fraction of sp³-hybridized carbons (Fsp3) is 0.447. The number of hydrogen-bond donors (Lipinski definition) is 3. The number of likely N-dealkylation sites (tertiary alicyclic amines) is 1. The van der Waals surface area contributed by atoms with Crippen molar-refractivity contribution in [3.8, 4) is 0 Å². The van der Waals surface area contributed by atoms with E-state index in [0.717, 1.165) is 48.0 Å². The van der Waals surface area contributed by atoms with Crippen LogP contribution in [0.4, 0.5) is 20.7 Å². The van der Waals surface area contributed by atoms with Gasteiger partial charge in [0.2, 0.25) is 11.8 Å². The number of ether oxygens (including phenoxy) is 1. The van der Waals surface area contributed by atoms with Gasteiger partial charge in [-0.3, -0.25) is 44.2 Å². The summed E-state index contributed by atoms with van der Waals surface area (Å²) in [5.74, 6) is -2.93. The van der Waals surface area contributed by atoms with Gasteiger partial charge in [0.25, 0.3) is 17.7 Å². The van der Waals surface area contributed by atoms with Crippen LogP contribution in [0.3, 0.4) is 0 Å². The Morgan fingerprint density at radius 3 is 2.35 bits per heavy atom. The van der Waals surface area contributed by atoms with E-state index in [4.69, 9.17) is 4.74 Å². The zero-order valence-corrected chi connectivity index (χ0v) is 29.8. The molecule has 8 rings (SSSR count). The van der Waals surface area contributed by atoms with E-state index >= 15 is 4.39 Å². The van der Waals surface area contributed by atoms with Gasteiger partial charge in [-0.05, 0) is 68.9 Å². The van der Waals surface area contributed by atoms with Gasteiger partial charge < -0.3 is 19.9 Å². The van der Waals surface area contributed by atoms with Gasteiger partial charge in [-0.1, -0.05) is 12.1 Å². The molecular formula is C38H41FN8O7. The Hall–Kier alpha value is -5.64. The number of piperazine rings is 1. The number of carbonyl (C=O) groups excluding carboxylic acids is 6. The number of H-pyrrole nitrogens is 1. The van der Waals surface area contributed by atoms with Crippen LogP contribution < -0.4 is 15.5 Å². The topological polar surface area (TPSA) is 177 Å². The Kier molecular flexibility index (Phi) is 9.37. The molecule has 4 atom stereocenters.